The maximum Gasteiger partial charge on any atom is 0.226 e. The maximum absolute atomic E-state index is 12.1. The Morgan fingerprint density at radius 3 is 2.74 bits per heavy atom. The standard InChI is InChI=1S/C14H15N3OS/c18-13(11-8-15-9-11)17-12(14-16-6-7-19-14)10-4-2-1-3-5-10/h1-7,11-12,15H,8-9H2,(H,17,18). The maximum atomic E-state index is 12.1. The molecule has 0 bridgehead atoms. The Morgan fingerprint density at radius 1 is 1.37 bits per heavy atom. The van der Waals surface area contributed by atoms with Crippen molar-refractivity contribution in [1.29, 1.82) is 0 Å². The van der Waals surface area contributed by atoms with Crippen molar-refractivity contribution in [3.05, 3.63) is 52.5 Å². The molecule has 1 saturated heterocycles. The smallest absolute Gasteiger partial charge is 0.226 e. The molecule has 1 fully saturated rings. The summed E-state index contributed by atoms with van der Waals surface area (Å²) < 4.78 is 0. The number of nitrogens with zero attached hydrogens (tertiary/aromatic N) is 1. The summed E-state index contributed by atoms with van der Waals surface area (Å²) in [5.41, 5.74) is 1.07. The summed E-state index contributed by atoms with van der Waals surface area (Å²) in [6.45, 7) is 1.54. The molecule has 98 valence electrons. The first-order valence-corrected chi connectivity index (χ1v) is 7.18. The van der Waals surface area contributed by atoms with Crippen molar-refractivity contribution < 1.29 is 4.79 Å². The van der Waals surface area contributed by atoms with E-state index in [1.165, 1.54) is 0 Å². The molecule has 1 amide bonds. The molecule has 0 aliphatic carbocycles. The lowest BCUT2D eigenvalue weighted by Crippen LogP contribution is -2.51. The Morgan fingerprint density at radius 2 is 2.16 bits per heavy atom. The predicted molar refractivity (Wildman–Crippen MR) is 74.9 cm³/mol. The molecule has 19 heavy (non-hydrogen) atoms. The summed E-state index contributed by atoms with van der Waals surface area (Å²) in [5, 5.41) is 9.08. The molecule has 0 radical (unpaired) electrons. The summed E-state index contributed by atoms with van der Waals surface area (Å²) in [7, 11) is 0. The number of carbonyl (C=O) groups excluding carboxylic acids is 1. The van der Waals surface area contributed by atoms with Crippen molar-refractivity contribution >= 4 is 17.2 Å². The van der Waals surface area contributed by atoms with Crippen molar-refractivity contribution in [2.24, 2.45) is 5.92 Å². The van der Waals surface area contributed by atoms with E-state index in [0.717, 1.165) is 23.7 Å². The van der Waals surface area contributed by atoms with Crippen LogP contribution in [0, 0.1) is 5.92 Å². The zero-order valence-corrected chi connectivity index (χ0v) is 11.2. The van der Waals surface area contributed by atoms with Crippen LogP contribution >= 0.6 is 11.3 Å². The topological polar surface area (TPSA) is 54.0 Å². The van der Waals surface area contributed by atoms with Gasteiger partial charge in [-0.3, -0.25) is 4.79 Å². The molecular weight excluding hydrogens is 258 g/mol. The summed E-state index contributed by atoms with van der Waals surface area (Å²) >= 11 is 1.56. The summed E-state index contributed by atoms with van der Waals surface area (Å²) in [6, 6.07) is 9.82. The van der Waals surface area contributed by atoms with Gasteiger partial charge in [-0.15, -0.1) is 11.3 Å². The van der Waals surface area contributed by atoms with Crippen molar-refractivity contribution in [3.8, 4) is 0 Å². The first-order valence-electron chi connectivity index (χ1n) is 6.30. The molecule has 1 aromatic carbocycles. The van der Waals surface area contributed by atoms with E-state index < -0.39 is 0 Å². The van der Waals surface area contributed by atoms with Crippen LogP contribution in [-0.4, -0.2) is 24.0 Å². The van der Waals surface area contributed by atoms with Crippen LogP contribution in [0.1, 0.15) is 16.6 Å². The lowest BCUT2D eigenvalue weighted by Gasteiger charge is -2.28. The third-order valence-electron chi connectivity index (χ3n) is 3.27. The monoisotopic (exact) mass is 273 g/mol. The van der Waals surface area contributed by atoms with Gasteiger partial charge >= 0.3 is 0 Å². The molecule has 2 aromatic rings. The van der Waals surface area contributed by atoms with Crippen LogP contribution < -0.4 is 10.6 Å². The highest BCUT2D eigenvalue weighted by molar-refractivity contribution is 7.09. The van der Waals surface area contributed by atoms with E-state index in [1.807, 2.05) is 35.7 Å². The van der Waals surface area contributed by atoms with Crippen LogP contribution in [0.4, 0.5) is 0 Å². The van der Waals surface area contributed by atoms with E-state index in [4.69, 9.17) is 0 Å². The third kappa shape index (κ3) is 2.67. The normalized spacial score (nSPS) is 16.6. The van der Waals surface area contributed by atoms with Gasteiger partial charge in [0.05, 0.1) is 5.92 Å². The summed E-state index contributed by atoms with van der Waals surface area (Å²) in [6.07, 6.45) is 1.77. The lowest BCUT2D eigenvalue weighted by molar-refractivity contribution is -0.126. The fourth-order valence-electron chi connectivity index (χ4n) is 2.04. The minimum atomic E-state index is -0.144. The average molecular weight is 273 g/mol. The van der Waals surface area contributed by atoms with Gasteiger partial charge in [-0.25, -0.2) is 4.98 Å². The molecule has 2 N–H and O–H groups in total. The van der Waals surface area contributed by atoms with Crippen molar-refractivity contribution in [1.82, 2.24) is 15.6 Å². The first kappa shape index (κ1) is 12.3. The summed E-state index contributed by atoms with van der Waals surface area (Å²) in [5.74, 6) is 0.189. The van der Waals surface area contributed by atoms with Gasteiger partial charge in [-0.2, -0.15) is 0 Å². The fourth-order valence-corrected chi connectivity index (χ4v) is 2.76. The van der Waals surface area contributed by atoms with Crippen LogP contribution in [0.3, 0.4) is 0 Å². The van der Waals surface area contributed by atoms with Gasteiger partial charge in [0.15, 0.2) is 0 Å². The zero-order valence-electron chi connectivity index (χ0n) is 10.4. The van der Waals surface area contributed by atoms with E-state index in [0.29, 0.717) is 0 Å². The highest BCUT2D eigenvalue weighted by Crippen LogP contribution is 2.24. The van der Waals surface area contributed by atoms with E-state index >= 15 is 0 Å². The van der Waals surface area contributed by atoms with Gasteiger partial charge < -0.3 is 10.6 Å². The number of rotatable bonds is 4. The molecule has 1 aliphatic rings. The van der Waals surface area contributed by atoms with E-state index in [1.54, 1.807) is 17.5 Å². The predicted octanol–water partition coefficient (Wildman–Crippen LogP) is 1.57. The molecule has 4 nitrogen and oxygen atoms in total. The molecule has 1 aromatic heterocycles. The third-order valence-corrected chi connectivity index (χ3v) is 4.11. The van der Waals surface area contributed by atoms with Crippen LogP contribution in [0.15, 0.2) is 41.9 Å². The number of aromatic nitrogens is 1. The van der Waals surface area contributed by atoms with Gasteiger partial charge in [0.25, 0.3) is 0 Å². The quantitative estimate of drug-likeness (QED) is 0.889. The molecule has 5 heteroatoms. The Balaban J connectivity index is 1.82. The Hall–Kier alpha value is -1.72. The first-order chi connectivity index (χ1) is 9.34. The second kappa shape index (κ2) is 5.50. The lowest BCUT2D eigenvalue weighted by atomic mass is 10.0. The molecular formula is C14H15N3OS. The number of hydrogen-bond acceptors (Lipinski definition) is 4. The highest BCUT2D eigenvalue weighted by Gasteiger charge is 2.28. The number of carbonyl (C=O) groups is 1. The Labute approximate surface area is 115 Å². The molecule has 0 saturated carbocycles. The van der Waals surface area contributed by atoms with Crippen molar-refractivity contribution in [2.45, 2.75) is 6.04 Å². The van der Waals surface area contributed by atoms with Crippen LogP contribution in [0.25, 0.3) is 0 Å². The summed E-state index contributed by atoms with van der Waals surface area (Å²) in [4.78, 5) is 16.5. The van der Waals surface area contributed by atoms with Gasteiger partial charge in [0.1, 0.15) is 11.0 Å². The largest absolute Gasteiger partial charge is 0.342 e. The van der Waals surface area contributed by atoms with Crippen molar-refractivity contribution in [2.75, 3.05) is 13.1 Å². The number of hydrogen-bond donors (Lipinski definition) is 2. The van der Waals surface area contributed by atoms with E-state index in [-0.39, 0.29) is 17.9 Å². The van der Waals surface area contributed by atoms with Gasteiger partial charge in [-0.1, -0.05) is 30.3 Å². The van der Waals surface area contributed by atoms with Gasteiger partial charge in [0.2, 0.25) is 5.91 Å². The van der Waals surface area contributed by atoms with Crippen molar-refractivity contribution in [3.63, 3.8) is 0 Å². The molecule has 0 spiro atoms. The van der Waals surface area contributed by atoms with Gasteiger partial charge in [0, 0.05) is 24.7 Å². The second-order valence-electron chi connectivity index (χ2n) is 4.58. The molecule has 3 rings (SSSR count). The number of benzene rings is 1. The number of thiazole rings is 1. The molecule has 1 aliphatic heterocycles. The number of nitrogens with one attached hydrogen (secondary N) is 2. The Bertz CT molecular complexity index is 537. The molecule has 1 atom stereocenters. The van der Waals surface area contributed by atoms with E-state index in [9.17, 15) is 4.79 Å². The Kier molecular flexibility index (Phi) is 3.57. The highest BCUT2D eigenvalue weighted by atomic mass is 32.1. The minimum absolute atomic E-state index is 0.0891. The van der Waals surface area contributed by atoms with E-state index in [2.05, 4.69) is 15.6 Å². The fraction of sp³-hybridized carbons (Fsp3) is 0.286. The molecule has 2 heterocycles. The minimum Gasteiger partial charge on any atom is -0.342 e. The van der Waals surface area contributed by atoms with Crippen LogP contribution in [0.5, 0.6) is 0 Å². The van der Waals surface area contributed by atoms with Crippen LogP contribution in [0.2, 0.25) is 0 Å². The number of amides is 1. The SMILES string of the molecule is O=C(NC(c1ccccc1)c1nccs1)C1CNC1. The zero-order chi connectivity index (χ0) is 13.1. The van der Waals surface area contributed by atoms with Crippen LogP contribution in [-0.2, 0) is 4.79 Å². The van der Waals surface area contributed by atoms with Gasteiger partial charge in [-0.05, 0) is 5.56 Å². The average Bonchev–Trinajstić information content (AvgIpc) is 2.88. The molecule has 1 unspecified atom stereocenters. The second-order valence-corrected chi connectivity index (χ2v) is 5.50.